The van der Waals surface area contributed by atoms with Gasteiger partial charge in [-0.1, -0.05) is 0 Å². The van der Waals surface area contributed by atoms with E-state index in [1.165, 1.54) is 0 Å². The number of hydrogen-bond acceptors (Lipinski definition) is 3. The van der Waals surface area contributed by atoms with Crippen molar-refractivity contribution in [2.75, 3.05) is 33.8 Å². The van der Waals surface area contributed by atoms with Gasteiger partial charge in [0, 0.05) is 19.1 Å². The van der Waals surface area contributed by atoms with Gasteiger partial charge < -0.3 is 9.64 Å². The molecule has 0 spiro atoms. The number of rotatable bonds is 0. The third-order valence-corrected chi connectivity index (χ3v) is 2.50. The minimum absolute atomic E-state index is 0.365. The molecule has 2 unspecified atom stereocenters. The van der Waals surface area contributed by atoms with Crippen molar-refractivity contribution in [3.05, 3.63) is 0 Å². The van der Waals surface area contributed by atoms with Crippen LogP contribution in [0.4, 0.5) is 0 Å². The molecule has 3 nitrogen and oxygen atoms in total. The summed E-state index contributed by atoms with van der Waals surface area (Å²) >= 11 is 0. The molecule has 2 aliphatic rings. The van der Waals surface area contributed by atoms with Gasteiger partial charge in [-0.2, -0.15) is 0 Å². The highest BCUT2D eigenvalue weighted by molar-refractivity contribution is 4.86. The molecule has 3 heteroatoms. The van der Waals surface area contributed by atoms with Crippen molar-refractivity contribution in [3.8, 4) is 0 Å². The third kappa shape index (κ3) is 0.856. The molecule has 0 aromatic heterocycles. The summed E-state index contributed by atoms with van der Waals surface area (Å²) in [4.78, 5) is 4.67. The lowest BCUT2D eigenvalue weighted by Crippen LogP contribution is -2.50. The van der Waals surface area contributed by atoms with Crippen molar-refractivity contribution in [1.82, 2.24) is 9.80 Å². The molecule has 2 heterocycles. The minimum Gasteiger partial charge on any atom is -0.360 e. The maximum Gasteiger partial charge on any atom is 0.123 e. The number of hydrogen-bond donors (Lipinski definition) is 0. The second-order valence-corrected chi connectivity index (χ2v) is 3.33. The molecule has 0 aliphatic carbocycles. The highest BCUT2D eigenvalue weighted by Crippen LogP contribution is 2.20. The van der Waals surface area contributed by atoms with E-state index in [1.54, 1.807) is 0 Å². The van der Waals surface area contributed by atoms with E-state index in [0.717, 1.165) is 19.7 Å². The van der Waals surface area contributed by atoms with Gasteiger partial charge in [0.05, 0.1) is 6.61 Å². The van der Waals surface area contributed by atoms with Crippen LogP contribution in [-0.4, -0.2) is 55.9 Å². The maximum atomic E-state index is 5.54. The SMILES string of the molecule is CN1CC2COC(C1)N2C. The number of nitrogens with zero attached hydrogens (tertiary/aromatic N) is 2. The molecule has 0 N–H and O–H groups in total. The Labute approximate surface area is 61.6 Å². The summed E-state index contributed by atoms with van der Waals surface area (Å²) < 4.78 is 5.54. The monoisotopic (exact) mass is 142 g/mol. The highest BCUT2D eigenvalue weighted by Gasteiger charge is 2.36. The normalized spacial score (nSPS) is 42.6. The molecule has 2 saturated heterocycles. The van der Waals surface area contributed by atoms with Crippen LogP contribution in [0.3, 0.4) is 0 Å². The molecule has 0 radical (unpaired) electrons. The Morgan fingerprint density at radius 3 is 2.80 bits per heavy atom. The van der Waals surface area contributed by atoms with Crippen molar-refractivity contribution >= 4 is 0 Å². The Morgan fingerprint density at radius 2 is 2.10 bits per heavy atom. The van der Waals surface area contributed by atoms with Crippen molar-refractivity contribution in [1.29, 1.82) is 0 Å². The van der Waals surface area contributed by atoms with Crippen molar-refractivity contribution < 1.29 is 4.74 Å². The van der Waals surface area contributed by atoms with Crippen LogP contribution in [0.1, 0.15) is 0 Å². The van der Waals surface area contributed by atoms with Crippen LogP contribution in [0.15, 0.2) is 0 Å². The van der Waals surface area contributed by atoms with E-state index in [-0.39, 0.29) is 0 Å². The number of likely N-dealkylation sites (N-methyl/N-ethyl adjacent to an activating group) is 2. The van der Waals surface area contributed by atoms with Gasteiger partial charge in [0.15, 0.2) is 0 Å². The molecule has 58 valence electrons. The summed E-state index contributed by atoms with van der Waals surface area (Å²) in [5.41, 5.74) is 0. The highest BCUT2D eigenvalue weighted by atomic mass is 16.5. The first kappa shape index (κ1) is 6.58. The van der Waals surface area contributed by atoms with Gasteiger partial charge in [-0.05, 0) is 14.1 Å². The van der Waals surface area contributed by atoms with Crippen molar-refractivity contribution in [2.45, 2.75) is 12.3 Å². The quantitative estimate of drug-likeness (QED) is 0.457. The molecule has 0 amide bonds. The molecule has 2 rings (SSSR count). The van der Waals surface area contributed by atoms with E-state index in [0.29, 0.717) is 12.3 Å². The molecule has 10 heavy (non-hydrogen) atoms. The zero-order valence-electron chi connectivity index (χ0n) is 6.58. The van der Waals surface area contributed by atoms with Gasteiger partial charge in [-0.15, -0.1) is 0 Å². The van der Waals surface area contributed by atoms with E-state index in [1.807, 2.05) is 0 Å². The average molecular weight is 142 g/mol. The summed E-state index contributed by atoms with van der Waals surface area (Å²) in [6.45, 7) is 3.14. The molecule has 2 bridgehead atoms. The standard InChI is InChI=1S/C7H14N2O/c1-8-3-6-5-10-7(4-8)9(6)2/h6-7H,3-5H2,1-2H3. The molecule has 0 saturated carbocycles. The largest absolute Gasteiger partial charge is 0.360 e. The number of ether oxygens (including phenoxy) is 1. The van der Waals surface area contributed by atoms with Crippen LogP contribution >= 0.6 is 0 Å². The van der Waals surface area contributed by atoms with E-state index < -0.39 is 0 Å². The van der Waals surface area contributed by atoms with Gasteiger partial charge in [0.1, 0.15) is 6.23 Å². The van der Waals surface area contributed by atoms with Crippen molar-refractivity contribution in [2.24, 2.45) is 0 Å². The summed E-state index contributed by atoms with van der Waals surface area (Å²) in [6.07, 6.45) is 0.365. The van der Waals surface area contributed by atoms with Crippen LogP contribution < -0.4 is 0 Å². The smallest absolute Gasteiger partial charge is 0.123 e. The Balaban J connectivity index is 2.09. The molecular formula is C7H14N2O. The van der Waals surface area contributed by atoms with Gasteiger partial charge >= 0.3 is 0 Å². The lowest BCUT2D eigenvalue weighted by Gasteiger charge is -2.34. The Kier molecular flexibility index (Phi) is 1.44. The fraction of sp³-hybridized carbons (Fsp3) is 1.00. The zero-order valence-corrected chi connectivity index (χ0v) is 6.58. The fourth-order valence-corrected chi connectivity index (χ4v) is 1.76. The van der Waals surface area contributed by atoms with Crippen LogP contribution in [0.25, 0.3) is 0 Å². The number of piperazine rings is 1. The van der Waals surface area contributed by atoms with Crippen LogP contribution in [-0.2, 0) is 4.74 Å². The van der Waals surface area contributed by atoms with E-state index in [4.69, 9.17) is 4.74 Å². The topological polar surface area (TPSA) is 15.7 Å². The molecule has 2 fully saturated rings. The lowest BCUT2D eigenvalue weighted by atomic mass is 10.2. The molecule has 0 aromatic carbocycles. The summed E-state index contributed by atoms with van der Waals surface area (Å²) in [6, 6.07) is 0.642. The first-order valence-electron chi connectivity index (χ1n) is 3.79. The summed E-state index contributed by atoms with van der Waals surface area (Å²) in [5.74, 6) is 0. The third-order valence-electron chi connectivity index (χ3n) is 2.50. The van der Waals surface area contributed by atoms with Gasteiger partial charge in [-0.3, -0.25) is 4.90 Å². The molecule has 2 aliphatic heterocycles. The Hall–Kier alpha value is -0.120. The zero-order chi connectivity index (χ0) is 7.14. The van der Waals surface area contributed by atoms with Gasteiger partial charge in [-0.25, -0.2) is 0 Å². The molecular weight excluding hydrogens is 128 g/mol. The first-order valence-corrected chi connectivity index (χ1v) is 3.79. The van der Waals surface area contributed by atoms with E-state index in [9.17, 15) is 0 Å². The Morgan fingerprint density at radius 1 is 1.30 bits per heavy atom. The van der Waals surface area contributed by atoms with E-state index >= 15 is 0 Å². The van der Waals surface area contributed by atoms with E-state index in [2.05, 4.69) is 23.9 Å². The lowest BCUT2D eigenvalue weighted by molar-refractivity contribution is 0.00143. The molecule has 2 atom stereocenters. The second-order valence-electron chi connectivity index (χ2n) is 3.33. The number of fused-ring (bicyclic) bond motifs is 2. The van der Waals surface area contributed by atoms with Crippen LogP contribution in [0.2, 0.25) is 0 Å². The minimum atomic E-state index is 0.365. The predicted molar refractivity (Wildman–Crippen MR) is 38.8 cm³/mol. The summed E-state index contributed by atoms with van der Waals surface area (Å²) in [5, 5.41) is 0. The summed E-state index contributed by atoms with van der Waals surface area (Å²) in [7, 11) is 4.30. The second kappa shape index (κ2) is 2.19. The fourth-order valence-electron chi connectivity index (χ4n) is 1.76. The maximum absolute atomic E-state index is 5.54. The molecule has 0 aromatic rings. The Bertz CT molecular complexity index is 126. The van der Waals surface area contributed by atoms with Gasteiger partial charge in [0.25, 0.3) is 0 Å². The first-order chi connectivity index (χ1) is 4.77. The predicted octanol–water partition coefficient (Wildman–Crippen LogP) is -0.412. The van der Waals surface area contributed by atoms with Crippen molar-refractivity contribution in [3.63, 3.8) is 0 Å². The van der Waals surface area contributed by atoms with Crippen LogP contribution in [0.5, 0.6) is 0 Å². The average Bonchev–Trinajstić information content (AvgIpc) is 2.20. The van der Waals surface area contributed by atoms with Gasteiger partial charge in [0.2, 0.25) is 0 Å². The van der Waals surface area contributed by atoms with Crippen LogP contribution in [0, 0.1) is 0 Å².